The van der Waals surface area contributed by atoms with Gasteiger partial charge in [-0.05, 0) is 31.4 Å². The summed E-state index contributed by atoms with van der Waals surface area (Å²) in [4.78, 5) is 23.9. The highest BCUT2D eigenvalue weighted by atomic mass is 35.5. The van der Waals surface area contributed by atoms with Gasteiger partial charge >= 0.3 is 12.0 Å². The Morgan fingerprint density at radius 2 is 2.10 bits per heavy atom. The molecule has 1 fully saturated rings. The third-order valence-electron chi connectivity index (χ3n) is 3.64. The number of urea groups is 1. The third kappa shape index (κ3) is 3.64. The molecule has 5 nitrogen and oxygen atoms in total. The van der Waals surface area contributed by atoms with E-state index in [0.717, 1.165) is 22.1 Å². The quantitative estimate of drug-likeness (QED) is 0.754. The minimum Gasteiger partial charge on any atom is -0.481 e. The number of carboxylic acid groups (broad SMARTS) is 1. The molecule has 1 aliphatic carbocycles. The topological polar surface area (TPSA) is 78.4 Å². The molecule has 1 saturated carbocycles. The van der Waals surface area contributed by atoms with E-state index in [2.05, 4.69) is 10.6 Å². The molecule has 7 heteroatoms. The first-order chi connectivity index (χ1) is 9.52. The maximum absolute atomic E-state index is 11.6. The largest absolute Gasteiger partial charge is 0.481 e. The van der Waals surface area contributed by atoms with E-state index >= 15 is 0 Å². The fourth-order valence-corrected chi connectivity index (χ4v) is 3.25. The van der Waals surface area contributed by atoms with E-state index in [4.69, 9.17) is 16.7 Å². The van der Waals surface area contributed by atoms with Gasteiger partial charge in [0.1, 0.15) is 0 Å². The van der Waals surface area contributed by atoms with Crippen LogP contribution in [0.3, 0.4) is 0 Å². The lowest BCUT2D eigenvalue weighted by molar-refractivity contribution is -0.153. The molecule has 110 valence electrons. The zero-order valence-corrected chi connectivity index (χ0v) is 12.5. The van der Waals surface area contributed by atoms with E-state index in [9.17, 15) is 9.59 Å². The molecule has 0 bridgehead atoms. The average molecular weight is 317 g/mol. The van der Waals surface area contributed by atoms with Gasteiger partial charge in [0.05, 0.1) is 9.75 Å². The van der Waals surface area contributed by atoms with Gasteiger partial charge in [-0.2, -0.15) is 0 Å². The normalized spacial score (nSPS) is 16.2. The van der Waals surface area contributed by atoms with Crippen LogP contribution in [0.4, 0.5) is 4.79 Å². The van der Waals surface area contributed by atoms with E-state index in [1.54, 1.807) is 0 Å². The molecule has 1 heterocycles. The lowest BCUT2D eigenvalue weighted by Crippen LogP contribution is -2.49. The van der Waals surface area contributed by atoms with Crippen LogP contribution in [0.5, 0.6) is 0 Å². The summed E-state index contributed by atoms with van der Waals surface area (Å²) in [5.74, 6) is -0.822. The summed E-state index contributed by atoms with van der Waals surface area (Å²) >= 11 is 7.31. The van der Waals surface area contributed by atoms with Crippen molar-refractivity contribution >= 4 is 34.9 Å². The summed E-state index contributed by atoms with van der Waals surface area (Å²) in [5, 5.41) is 14.5. The number of aliphatic carboxylic acids is 1. The van der Waals surface area contributed by atoms with Gasteiger partial charge in [0.25, 0.3) is 0 Å². The van der Waals surface area contributed by atoms with Crippen molar-refractivity contribution in [3.63, 3.8) is 0 Å². The average Bonchev–Trinajstić information content (AvgIpc) is 2.73. The molecule has 0 radical (unpaired) electrons. The highest BCUT2D eigenvalue weighted by Gasteiger charge is 2.44. The van der Waals surface area contributed by atoms with Gasteiger partial charge in [0.2, 0.25) is 0 Å². The Balaban J connectivity index is 1.67. The Morgan fingerprint density at radius 1 is 1.35 bits per heavy atom. The van der Waals surface area contributed by atoms with Crippen molar-refractivity contribution in [1.29, 1.82) is 0 Å². The number of halogens is 1. The molecular weight excluding hydrogens is 300 g/mol. The van der Waals surface area contributed by atoms with E-state index in [0.29, 0.717) is 19.4 Å². The molecule has 2 rings (SSSR count). The minimum absolute atomic E-state index is 0.193. The number of amides is 2. The Labute approximate surface area is 126 Å². The number of nitrogens with one attached hydrogen (secondary N) is 2. The lowest BCUT2D eigenvalue weighted by Gasteiger charge is -2.37. The van der Waals surface area contributed by atoms with Crippen molar-refractivity contribution < 1.29 is 14.7 Å². The van der Waals surface area contributed by atoms with Crippen LogP contribution in [-0.4, -0.2) is 30.2 Å². The molecule has 1 aliphatic rings. The molecule has 0 unspecified atom stereocenters. The van der Waals surface area contributed by atoms with Crippen LogP contribution < -0.4 is 10.6 Å². The first-order valence-electron chi connectivity index (χ1n) is 6.51. The van der Waals surface area contributed by atoms with Gasteiger partial charge in [-0.15, -0.1) is 11.3 Å². The number of carboxylic acids is 1. The van der Waals surface area contributed by atoms with E-state index in [1.165, 1.54) is 11.3 Å². The summed E-state index contributed by atoms with van der Waals surface area (Å²) in [6.07, 6.45) is 2.90. The monoisotopic (exact) mass is 316 g/mol. The summed E-state index contributed by atoms with van der Waals surface area (Å²) in [5.41, 5.74) is -0.751. The van der Waals surface area contributed by atoms with Gasteiger partial charge in [0, 0.05) is 18.0 Å². The fraction of sp³-hybridized carbons (Fsp3) is 0.538. The predicted octanol–water partition coefficient (Wildman–Crippen LogP) is 2.50. The molecule has 0 aromatic carbocycles. The summed E-state index contributed by atoms with van der Waals surface area (Å²) in [6, 6.07) is 3.44. The second kappa shape index (κ2) is 6.45. The van der Waals surface area contributed by atoms with Gasteiger partial charge < -0.3 is 15.7 Å². The van der Waals surface area contributed by atoms with Crippen LogP contribution in [0.2, 0.25) is 4.34 Å². The highest BCUT2D eigenvalue weighted by molar-refractivity contribution is 7.16. The standard InChI is InChI=1S/C13H17ClN2O3S/c14-10-3-2-9(20-10)4-7-15-12(19)16-8-13(11(17)18)5-1-6-13/h2-3H,1,4-8H2,(H,17,18)(H2,15,16,19). The zero-order chi connectivity index (χ0) is 14.6. The summed E-state index contributed by atoms with van der Waals surface area (Å²) < 4.78 is 0.734. The van der Waals surface area contributed by atoms with Crippen molar-refractivity contribution in [1.82, 2.24) is 10.6 Å². The molecule has 20 heavy (non-hydrogen) atoms. The smallest absolute Gasteiger partial charge is 0.314 e. The van der Waals surface area contributed by atoms with Crippen LogP contribution >= 0.6 is 22.9 Å². The summed E-state index contributed by atoms with van der Waals surface area (Å²) in [7, 11) is 0. The third-order valence-corrected chi connectivity index (χ3v) is 4.93. The van der Waals surface area contributed by atoms with Crippen molar-refractivity contribution in [3.05, 3.63) is 21.3 Å². The fourth-order valence-electron chi connectivity index (χ4n) is 2.17. The van der Waals surface area contributed by atoms with Gasteiger partial charge in [-0.25, -0.2) is 4.79 Å². The Bertz CT molecular complexity index is 500. The molecule has 0 atom stereocenters. The second-order valence-electron chi connectivity index (χ2n) is 5.00. The first kappa shape index (κ1) is 15.1. The van der Waals surface area contributed by atoms with Crippen LogP contribution in [0.25, 0.3) is 0 Å². The number of thiophene rings is 1. The number of hydrogen-bond acceptors (Lipinski definition) is 3. The van der Waals surface area contributed by atoms with Gasteiger partial charge in [-0.3, -0.25) is 4.79 Å². The minimum atomic E-state index is -0.822. The zero-order valence-electron chi connectivity index (χ0n) is 10.9. The Hall–Kier alpha value is -1.27. The van der Waals surface area contributed by atoms with E-state index < -0.39 is 11.4 Å². The van der Waals surface area contributed by atoms with E-state index in [1.807, 2.05) is 12.1 Å². The molecule has 3 N–H and O–H groups in total. The maximum atomic E-state index is 11.6. The van der Waals surface area contributed by atoms with Crippen molar-refractivity contribution in [2.45, 2.75) is 25.7 Å². The van der Waals surface area contributed by atoms with Crippen molar-refractivity contribution in [2.24, 2.45) is 5.41 Å². The molecule has 0 saturated heterocycles. The number of rotatable bonds is 6. The van der Waals surface area contributed by atoms with Crippen LogP contribution in [-0.2, 0) is 11.2 Å². The molecule has 0 spiro atoms. The van der Waals surface area contributed by atoms with Crippen LogP contribution in [0.1, 0.15) is 24.1 Å². The second-order valence-corrected chi connectivity index (χ2v) is 6.80. The van der Waals surface area contributed by atoms with Gasteiger partial charge in [0.15, 0.2) is 0 Å². The summed E-state index contributed by atoms with van der Waals surface area (Å²) in [6.45, 7) is 0.696. The molecule has 2 amide bonds. The van der Waals surface area contributed by atoms with Crippen LogP contribution in [0, 0.1) is 5.41 Å². The Kier molecular flexibility index (Phi) is 4.88. The van der Waals surface area contributed by atoms with Gasteiger partial charge in [-0.1, -0.05) is 18.0 Å². The van der Waals surface area contributed by atoms with E-state index in [-0.39, 0.29) is 12.6 Å². The SMILES string of the molecule is O=C(NCCc1ccc(Cl)s1)NCC1(C(=O)O)CCC1. The maximum Gasteiger partial charge on any atom is 0.314 e. The molecule has 1 aromatic rings. The highest BCUT2D eigenvalue weighted by Crippen LogP contribution is 2.40. The predicted molar refractivity (Wildman–Crippen MR) is 78.4 cm³/mol. The van der Waals surface area contributed by atoms with Crippen LogP contribution in [0.15, 0.2) is 12.1 Å². The molecule has 1 aromatic heterocycles. The Morgan fingerprint density at radius 3 is 2.60 bits per heavy atom. The number of carbonyl (C=O) groups excluding carboxylic acids is 1. The van der Waals surface area contributed by atoms with Crippen molar-refractivity contribution in [2.75, 3.05) is 13.1 Å². The number of carbonyl (C=O) groups is 2. The number of hydrogen-bond donors (Lipinski definition) is 3. The lowest BCUT2D eigenvalue weighted by atomic mass is 9.69. The first-order valence-corrected chi connectivity index (χ1v) is 7.71. The molecular formula is C13H17ClN2O3S. The van der Waals surface area contributed by atoms with Crippen molar-refractivity contribution in [3.8, 4) is 0 Å². The molecule has 0 aliphatic heterocycles.